The second kappa shape index (κ2) is 8.43. The highest BCUT2D eigenvalue weighted by atomic mass is 16.6. The largest absolute Gasteiger partial charge is 0.352 e. The second-order valence-corrected chi connectivity index (χ2v) is 6.32. The highest BCUT2D eigenvalue weighted by Gasteiger charge is 2.16. The van der Waals surface area contributed by atoms with Crippen LogP contribution in [0.5, 0.6) is 0 Å². The van der Waals surface area contributed by atoms with E-state index in [1.54, 1.807) is 22.8 Å². The number of nitro benzene ring substituents is 1. The van der Waals surface area contributed by atoms with Crippen LogP contribution in [-0.4, -0.2) is 31.7 Å². The van der Waals surface area contributed by atoms with Crippen LogP contribution in [0.4, 0.5) is 5.69 Å². The molecule has 1 aliphatic heterocycles. The number of aryl methyl sites for hydroxylation is 2. The van der Waals surface area contributed by atoms with Crippen LogP contribution in [0.3, 0.4) is 0 Å². The van der Waals surface area contributed by atoms with E-state index >= 15 is 0 Å². The lowest BCUT2D eigenvalue weighted by Gasteiger charge is -2.09. The van der Waals surface area contributed by atoms with Gasteiger partial charge in [-0.05, 0) is 31.4 Å². The minimum atomic E-state index is -0.486. The summed E-state index contributed by atoms with van der Waals surface area (Å²) in [7, 11) is 0. The molecule has 0 aliphatic carbocycles. The molecule has 2 heterocycles. The quantitative estimate of drug-likeness (QED) is 0.343. The number of fused-ring (bicyclic) bond motifs is 1. The van der Waals surface area contributed by atoms with Gasteiger partial charge in [0, 0.05) is 38.2 Å². The van der Waals surface area contributed by atoms with Gasteiger partial charge in [-0.2, -0.15) is 5.10 Å². The Bertz CT molecular complexity index is 928. The molecule has 0 bridgehead atoms. The van der Waals surface area contributed by atoms with E-state index in [2.05, 4.69) is 10.4 Å². The molecule has 1 aromatic carbocycles. The van der Waals surface area contributed by atoms with Gasteiger partial charge in [-0.15, -0.1) is 0 Å². The summed E-state index contributed by atoms with van der Waals surface area (Å²) in [6.07, 6.45) is 6.14. The number of benzene rings is 1. The standard InChI is InChI=1S/C18H21N5O4/c24-17(10-9-14-6-1-2-7-15(14)23(26)27)19-11-5-13-22-18(25)21-12-4-3-8-16(21)20-22/h1-2,6-7,9-10H,3-5,8,11-13H2,(H,19,24). The van der Waals surface area contributed by atoms with Crippen molar-refractivity contribution in [3.63, 3.8) is 0 Å². The molecule has 0 saturated carbocycles. The van der Waals surface area contributed by atoms with Gasteiger partial charge in [-0.3, -0.25) is 19.5 Å². The van der Waals surface area contributed by atoms with Gasteiger partial charge in [-0.1, -0.05) is 12.1 Å². The zero-order valence-electron chi connectivity index (χ0n) is 14.8. The van der Waals surface area contributed by atoms with Crippen LogP contribution < -0.4 is 11.0 Å². The minimum Gasteiger partial charge on any atom is -0.352 e. The van der Waals surface area contributed by atoms with E-state index in [0.717, 1.165) is 31.6 Å². The molecule has 0 radical (unpaired) electrons. The maximum atomic E-state index is 12.2. The van der Waals surface area contributed by atoms with Gasteiger partial charge in [0.2, 0.25) is 5.91 Å². The van der Waals surface area contributed by atoms with Gasteiger partial charge in [0.05, 0.1) is 10.5 Å². The predicted octanol–water partition coefficient (Wildman–Crippen LogP) is 1.51. The second-order valence-electron chi connectivity index (χ2n) is 6.32. The van der Waals surface area contributed by atoms with Crippen molar-refractivity contribution in [3.8, 4) is 0 Å². The first kappa shape index (κ1) is 18.6. The van der Waals surface area contributed by atoms with Crippen LogP contribution in [0.15, 0.2) is 35.1 Å². The van der Waals surface area contributed by atoms with Crippen molar-refractivity contribution in [3.05, 3.63) is 62.3 Å². The molecule has 1 aromatic heterocycles. The van der Waals surface area contributed by atoms with Gasteiger partial charge in [0.25, 0.3) is 5.69 Å². The molecule has 142 valence electrons. The van der Waals surface area contributed by atoms with E-state index in [4.69, 9.17) is 0 Å². The lowest BCUT2D eigenvalue weighted by molar-refractivity contribution is -0.385. The third kappa shape index (κ3) is 4.49. The van der Waals surface area contributed by atoms with Gasteiger partial charge in [0.1, 0.15) is 5.82 Å². The number of nitro groups is 1. The maximum Gasteiger partial charge on any atom is 0.345 e. The van der Waals surface area contributed by atoms with E-state index in [1.807, 2.05) is 0 Å². The topological polar surface area (TPSA) is 112 Å². The number of rotatable bonds is 7. The number of hydrogen-bond acceptors (Lipinski definition) is 5. The fourth-order valence-corrected chi connectivity index (χ4v) is 3.05. The lowest BCUT2D eigenvalue weighted by Crippen LogP contribution is -2.28. The Morgan fingerprint density at radius 3 is 2.93 bits per heavy atom. The van der Waals surface area contributed by atoms with Crippen LogP contribution in [-0.2, 0) is 24.3 Å². The third-order valence-corrected chi connectivity index (χ3v) is 4.43. The first-order valence-corrected chi connectivity index (χ1v) is 8.92. The Kier molecular flexibility index (Phi) is 5.80. The van der Waals surface area contributed by atoms with Crippen LogP contribution in [0.2, 0.25) is 0 Å². The fraction of sp³-hybridized carbons (Fsp3) is 0.389. The van der Waals surface area contributed by atoms with Crippen molar-refractivity contribution >= 4 is 17.7 Å². The predicted molar refractivity (Wildman–Crippen MR) is 99.2 cm³/mol. The molecular formula is C18H21N5O4. The van der Waals surface area contributed by atoms with Crippen molar-refractivity contribution in [2.75, 3.05) is 6.54 Å². The van der Waals surface area contributed by atoms with Gasteiger partial charge >= 0.3 is 5.69 Å². The molecule has 0 saturated heterocycles. The summed E-state index contributed by atoms with van der Waals surface area (Å²) in [5.41, 5.74) is 0.227. The number of carbonyl (C=O) groups excluding carboxylic acids is 1. The number of nitrogens with zero attached hydrogens (tertiary/aromatic N) is 4. The summed E-state index contributed by atoms with van der Waals surface area (Å²) in [5.74, 6) is 0.493. The Hall–Kier alpha value is -3.23. The molecule has 0 fully saturated rings. The normalized spacial score (nSPS) is 13.5. The molecule has 0 unspecified atom stereocenters. The van der Waals surface area contributed by atoms with Crippen molar-refractivity contribution in [2.45, 2.75) is 38.8 Å². The van der Waals surface area contributed by atoms with E-state index < -0.39 is 4.92 Å². The zero-order valence-corrected chi connectivity index (χ0v) is 14.8. The minimum absolute atomic E-state index is 0.0512. The summed E-state index contributed by atoms with van der Waals surface area (Å²) in [6.45, 7) is 1.54. The van der Waals surface area contributed by atoms with E-state index in [0.29, 0.717) is 25.1 Å². The van der Waals surface area contributed by atoms with Crippen molar-refractivity contribution < 1.29 is 9.72 Å². The summed E-state index contributed by atoms with van der Waals surface area (Å²) in [4.78, 5) is 34.5. The molecule has 9 nitrogen and oxygen atoms in total. The van der Waals surface area contributed by atoms with Crippen molar-refractivity contribution in [1.82, 2.24) is 19.7 Å². The first-order valence-electron chi connectivity index (χ1n) is 8.92. The molecule has 1 aliphatic rings. The molecule has 1 N–H and O–H groups in total. The SMILES string of the molecule is O=C(C=Cc1ccccc1[N+](=O)[O-])NCCCn1nc2n(c1=O)CCCC2. The molecule has 1 amide bonds. The van der Waals surface area contributed by atoms with E-state index in [1.165, 1.54) is 22.9 Å². The molecular weight excluding hydrogens is 350 g/mol. The monoisotopic (exact) mass is 371 g/mol. The van der Waals surface area contributed by atoms with E-state index in [9.17, 15) is 19.7 Å². The van der Waals surface area contributed by atoms with Gasteiger partial charge in [0.15, 0.2) is 0 Å². The molecule has 3 rings (SSSR count). The summed E-state index contributed by atoms with van der Waals surface area (Å²) >= 11 is 0. The number of nitrogens with one attached hydrogen (secondary N) is 1. The van der Waals surface area contributed by atoms with Crippen LogP contribution in [0.1, 0.15) is 30.7 Å². The van der Waals surface area contributed by atoms with Crippen LogP contribution in [0.25, 0.3) is 6.08 Å². The number of carbonyl (C=O) groups is 1. The number of amides is 1. The van der Waals surface area contributed by atoms with Crippen molar-refractivity contribution in [2.24, 2.45) is 0 Å². The number of aromatic nitrogens is 3. The summed E-state index contributed by atoms with van der Waals surface area (Å²) in [5, 5.41) is 18.0. The molecule has 27 heavy (non-hydrogen) atoms. The van der Waals surface area contributed by atoms with Gasteiger partial charge < -0.3 is 5.32 Å². The molecule has 9 heteroatoms. The Balaban J connectivity index is 1.49. The zero-order chi connectivity index (χ0) is 19.2. The van der Waals surface area contributed by atoms with Crippen molar-refractivity contribution in [1.29, 1.82) is 0 Å². The smallest absolute Gasteiger partial charge is 0.345 e. The fourth-order valence-electron chi connectivity index (χ4n) is 3.05. The first-order chi connectivity index (χ1) is 13.1. The molecule has 0 spiro atoms. The van der Waals surface area contributed by atoms with Crippen LogP contribution in [0, 0.1) is 10.1 Å². The Labute approximate surface area is 155 Å². The number of hydrogen-bond donors (Lipinski definition) is 1. The molecule has 2 aromatic rings. The maximum absolute atomic E-state index is 12.2. The Morgan fingerprint density at radius 1 is 1.33 bits per heavy atom. The summed E-state index contributed by atoms with van der Waals surface area (Å²) in [6, 6.07) is 6.21. The highest BCUT2D eigenvalue weighted by Crippen LogP contribution is 2.18. The third-order valence-electron chi connectivity index (χ3n) is 4.43. The Morgan fingerprint density at radius 2 is 2.15 bits per heavy atom. The van der Waals surface area contributed by atoms with Gasteiger partial charge in [-0.25, -0.2) is 9.48 Å². The average molecular weight is 371 g/mol. The summed E-state index contributed by atoms with van der Waals surface area (Å²) < 4.78 is 3.17. The average Bonchev–Trinajstić information content (AvgIpc) is 3.00. The number of para-hydroxylation sites is 1. The van der Waals surface area contributed by atoms with E-state index in [-0.39, 0.29) is 17.3 Å². The highest BCUT2D eigenvalue weighted by molar-refractivity contribution is 5.92. The molecule has 0 atom stereocenters. The van der Waals surface area contributed by atoms with Crippen LogP contribution >= 0.6 is 0 Å². The lowest BCUT2D eigenvalue weighted by atomic mass is 10.1.